The fourth-order valence-electron chi connectivity index (χ4n) is 6.26. The second-order valence-corrected chi connectivity index (χ2v) is 15.3. The minimum atomic E-state index is -0.955. The van der Waals surface area contributed by atoms with Crippen molar-refractivity contribution >= 4 is 67.9 Å². The number of anilines is 1. The molecule has 0 saturated heterocycles. The van der Waals surface area contributed by atoms with Crippen LogP contribution >= 0.6 is 35.1 Å². The van der Waals surface area contributed by atoms with E-state index in [-0.39, 0.29) is 0 Å². The van der Waals surface area contributed by atoms with Gasteiger partial charge in [-0.2, -0.15) is 4.57 Å². The molecule has 0 bridgehead atoms. The van der Waals surface area contributed by atoms with E-state index >= 15 is 0 Å². The number of nitrogens with zero attached hydrogens (tertiary/aromatic N) is 2. The summed E-state index contributed by atoms with van der Waals surface area (Å²) in [4.78, 5) is 5.88. The van der Waals surface area contributed by atoms with Gasteiger partial charge in [0.15, 0.2) is 0 Å². The Labute approximate surface area is 253 Å². The van der Waals surface area contributed by atoms with E-state index < -0.39 is 10.8 Å². The van der Waals surface area contributed by atoms with Gasteiger partial charge in [-0.05, 0) is 93.3 Å². The second-order valence-electron chi connectivity index (χ2n) is 10.7. The first-order valence-corrected chi connectivity index (χ1v) is 18.2. The third-order valence-corrected chi connectivity index (χ3v) is 12.2. The van der Waals surface area contributed by atoms with E-state index in [2.05, 4.69) is 71.9 Å². The van der Waals surface area contributed by atoms with Crippen LogP contribution in [0.5, 0.6) is 0 Å². The van der Waals surface area contributed by atoms with Gasteiger partial charge in [-0.25, -0.2) is 0 Å². The minimum absolute atomic E-state index is 0.408. The van der Waals surface area contributed by atoms with Gasteiger partial charge in [-0.3, -0.25) is 4.21 Å². The molecule has 0 saturated carbocycles. The summed E-state index contributed by atoms with van der Waals surface area (Å²) in [6.07, 6.45) is 15.1. The predicted molar refractivity (Wildman–Crippen MR) is 173 cm³/mol. The maximum atomic E-state index is 12.1. The molecule has 40 heavy (non-hydrogen) atoms. The molecular weight excluding hydrogens is 573 g/mol. The lowest BCUT2D eigenvalue weighted by atomic mass is 9.77. The van der Waals surface area contributed by atoms with Crippen molar-refractivity contribution in [3.8, 4) is 0 Å². The van der Waals surface area contributed by atoms with Crippen LogP contribution in [0, 0.1) is 5.92 Å². The standard InChI is InChI=1S/C32H37N2O2S4/c1-5-33-27-19-25(39-36-3)11-13-29(27)37-31(33)17-21-7-9-23-10-8-22(16-24(23)15-21)18-32-34(6-2)28-20-26(40(4)35)12-14-30(28)38-32/h11-17,19-20,23,32H,5-10,18H2,1-4H3/q+1. The number of rotatable bonds is 8. The Morgan fingerprint density at radius 1 is 1.15 bits per heavy atom. The van der Waals surface area contributed by atoms with Crippen LogP contribution in [0.15, 0.2) is 80.0 Å². The first-order chi connectivity index (χ1) is 19.5. The van der Waals surface area contributed by atoms with Crippen LogP contribution in [0.1, 0.15) is 51.0 Å². The van der Waals surface area contributed by atoms with Crippen LogP contribution in [0.25, 0.3) is 16.3 Å². The number of hydrogen-bond acceptors (Lipinski definition) is 6. The van der Waals surface area contributed by atoms with Crippen molar-refractivity contribution in [2.24, 2.45) is 5.92 Å². The van der Waals surface area contributed by atoms with Gasteiger partial charge in [0, 0.05) is 62.5 Å². The summed E-state index contributed by atoms with van der Waals surface area (Å²) < 4.78 is 21.1. The highest BCUT2D eigenvalue weighted by Gasteiger charge is 2.32. The van der Waals surface area contributed by atoms with E-state index in [0.717, 1.165) is 35.7 Å². The topological polar surface area (TPSA) is 33.4 Å². The number of fused-ring (bicyclic) bond motifs is 3. The number of aryl methyl sites for hydroxylation is 1. The zero-order valence-electron chi connectivity index (χ0n) is 23.6. The van der Waals surface area contributed by atoms with Crippen LogP contribution in [0.2, 0.25) is 0 Å². The average Bonchev–Trinajstić information content (AvgIpc) is 3.48. The Balaban J connectivity index is 1.24. The van der Waals surface area contributed by atoms with E-state index in [0.29, 0.717) is 11.3 Å². The second kappa shape index (κ2) is 12.2. The van der Waals surface area contributed by atoms with E-state index in [1.807, 2.05) is 29.2 Å². The van der Waals surface area contributed by atoms with Gasteiger partial charge in [-0.15, -0.1) is 0 Å². The maximum absolute atomic E-state index is 12.1. The van der Waals surface area contributed by atoms with Gasteiger partial charge < -0.3 is 9.08 Å². The molecule has 1 aliphatic heterocycles. The molecule has 1 aromatic heterocycles. The largest absolute Gasteiger partial charge is 0.358 e. The normalized spacial score (nSPS) is 22.3. The number of allylic oxidation sites excluding steroid dienone is 4. The summed E-state index contributed by atoms with van der Waals surface area (Å²) in [6.45, 7) is 6.39. The van der Waals surface area contributed by atoms with Crippen molar-refractivity contribution in [2.45, 2.75) is 72.6 Å². The first-order valence-electron chi connectivity index (χ1n) is 14.2. The Hall–Kier alpha value is -1.84. The van der Waals surface area contributed by atoms with E-state index in [1.54, 1.807) is 18.9 Å². The van der Waals surface area contributed by atoms with E-state index in [1.165, 1.54) is 68.3 Å². The number of thiazole rings is 1. The summed E-state index contributed by atoms with van der Waals surface area (Å²) in [5.74, 6) is 0.688. The third-order valence-electron chi connectivity index (χ3n) is 8.26. The molecule has 4 nitrogen and oxygen atoms in total. The molecule has 210 valence electrons. The fraction of sp³-hybridized carbons (Fsp3) is 0.406. The highest BCUT2D eigenvalue weighted by atomic mass is 32.2. The number of benzene rings is 2. The average molecular weight is 610 g/mol. The first kappa shape index (κ1) is 28.3. The lowest BCUT2D eigenvalue weighted by molar-refractivity contribution is -0.665. The van der Waals surface area contributed by atoms with Gasteiger partial charge in [-0.1, -0.05) is 40.8 Å². The van der Waals surface area contributed by atoms with Crippen LogP contribution in [-0.2, 0) is 21.5 Å². The van der Waals surface area contributed by atoms with Gasteiger partial charge in [0.25, 0.3) is 5.01 Å². The van der Waals surface area contributed by atoms with Gasteiger partial charge in [0.1, 0.15) is 11.2 Å². The van der Waals surface area contributed by atoms with Crippen LogP contribution in [0.3, 0.4) is 0 Å². The van der Waals surface area contributed by atoms with Gasteiger partial charge in [0.05, 0.1) is 18.2 Å². The van der Waals surface area contributed by atoms with Gasteiger partial charge >= 0.3 is 0 Å². The summed E-state index contributed by atoms with van der Waals surface area (Å²) >= 11 is 5.27. The zero-order chi connectivity index (χ0) is 27.8. The Morgan fingerprint density at radius 2 is 2.00 bits per heavy atom. The van der Waals surface area contributed by atoms with Crippen LogP contribution in [0.4, 0.5) is 5.69 Å². The monoisotopic (exact) mass is 609 g/mol. The Kier molecular flexibility index (Phi) is 8.61. The SMILES string of the molecule is CCN1c2cc(S(C)=O)ccc2SC1CC1=CC2=CC(=Cc3sc4ccc(SOC)cc4[n+]3CC)CCC2CC1. The van der Waals surface area contributed by atoms with Crippen LogP contribution < -0.4 is 9.47 Å². The van der Waals surface area contributed by atoms with Crippen molar-refractivity contribution in [3.05, 3.63) is 70.3 Å². The van der Waals surface area contributed by atoms with Crippen molar-refractivity contribution in [2.75, 3.05) is 24.8 Å². The van der Waals surface area contributed by atoms with Crippen molar-refractivity contribution in [1.29, 1.82) is 0 Å². The molecule has 2 aliphatic carbocycles. The van der Waals surface area contributed by atoms with E-state index in [4.69, 9.17) is 4.18 Å². The molecule has 6 rings (SSSR count). The minimum Gasteiger partial charge on any atom is -0.358 e. The molecule has 3 atom stereocenters. The van der Waals surface area contributed by atoms with Crippen molar-refractivity contribution in [3.63, 3.8) is 0 Å². The lowest BCUT2D eigenvalue weighted by Gasteiger charge is -2.31. The molecule has 0 radical (unpaired) electrons. The predicted octanol–water partition coefficient (Wildman–Crippen LogP) is 8.39. The van der Waals surface area contributed by atoms with Crippen LogP contribution in [-0.4, -0.2) is 29.5 Å². The zero-order valence-corrected chi connectivity index (χ0v) is 26.9. The smallest absolute Gasteiger partial charge is 0.263 e. The Bertz CT molecular complexity index is 1550. The fourth-order valence-corrected chi connectivity index (χ4v) is 9.88. The molecule has 0 amide bonds. The molecule has 0 N–H and O–H groups in total. The molecule has 3 aliphatic rings. The molecule has 3 aromatic rings. The highest BCUT2D eigenvalue weighted by Crippen LogP contribution is 2.48. The van der Waals surface area contributed by atoms with Crippen molar-refractivity contribution < 1.29 is 13.0 Å². The molecule has 2 aromatic carbocycles. The summed E-state index contributed by atoms with van der Waals surface area (Å²) in [5, 5.41) is 1.74. The summed E-state index contributed by atoms with van der Waals surface area (Å²) in [6, 6.07) is 13.0. The molecular formula is C32H37N2O2S4+. The Morgan fingerprint density at radius 3 is 2.77 bits per heavy atom. The molecule has 3 unspecified atom stereocenters. The third kappa shape index (κ3) is 5.62. The van der Waals surface area contributed by atoms with Gasteiger partial charge in [0.2, 0.25) is 5.52 Å². The molecule has 2 heterocycles. The summed E-state index contributed by atoms with van der Waals surface area (Å²) in [7, 11) is 0.766. The number of thioether (sulfide) groups is 1. The number of hydrogen-bond donors (Lipinski definition) is 0. The van der Waals surface area contributed by atoms with E-state index in [9.17, 15) is 4.21 Å². The highest BCUT2D eigenvalue weighted by molar-refractivity contribution is 8.00. The van der Waals surface area contributed by atoms with Crippen molar-refractivity contribution in [1.82, 2.24) is 0 Å². The quantitative estimate of drug-likeness (QED) is 0.189. The molecule has 8 heteroatoms. The maximum Gasteiger partial charge on any atom is 0.263 e. The molecule has 0 spiro atoms. The summed E-state index contributed by atoms with van der Waals surface area (Å²) in [5.41, 5.74) is 7.08. The lowest BCUT2D eigenvalue weighted by Crippen LogP contribution is -2.33. The molecule has 0 fully saturated rings. The number of aromatic nitrogens is 1.